The molecular formula is C16H14Cl2N2O. The molecule has 3 rings (SSSR count). The molecular weight excluding hydrogens is 307 g/mol. The second-order valence-electron chi connectivity index (χ2n) is 4.71. The third-order valence-corrected chi connectivity index (χ3v) is 3.84. The highest BCUT2D eigenvalue weighted by atomic mass is 35.5. The summed E-state index contributed by atoms with van der Waals surface area (Å²) in [7, 11) is 1.68. The molecule has 0 aliphatic carbocycles. The van der Waals surface area contributed by atoms with E-state index in [2.05, 4.69) is 11.1 Å². The summed E-state index contributed by atoms with van der Waals surface area (Å²) in [6, 6.07) is 13.8. The molecule has 0 radical (unpaired) electrons. The lowest BCUT2D eigenvalue weighted by Crippen LogP contribution is -2.00. The molecule has 0 bridgehead atoms. The van der Waals surface area contributed by atoms with Crippen LogP contribution in [0.15, 0.2) is 42.5 Å². The minimum Gasteiger partial charge on any atom is -0.380 e. The maximum atomic E-state index is 6.35. The summed E-state index contributed by atoms with van der Waals surface area (Å²) >= 11 is 12.4. The fourth-order valence-electron chi connectivity index (χ4n) is 2.45. The number of aromatic nitrogens is 2. The lowest BCUT2D eigenvalue weighted by molar-refractivity contribution is 0.185. The van der Waals surface area contributed by atoms with Crippen molar-refractivity contribution in [3.8, 4) is 5.69 Å². The number of benzene rings is 2. The van der Waals surface area contributed by atoms with E-state index in [0.29, 0.717) is 17.5 Å². The van der Waals surface area contributed by atoms with E-state index in [0.717, 1.165) is 28.1 Å². The van der Waals surface area contributed by atoms with Crippen molar-refractivity contribution >= 4 is 34.2 Å². The zero-order valence-corrected chi connectivity index (χ0v) is 13.0. The largest absolute Gasteiger partial charge is 0.380 e. The van der Waals surface area contributed by atoms with E-state index in [4.69, 9.17) is 27.9 Å². The van der Waals surface area contributed by atoms with Gasteiger partial charge in [0.05, 0.1) is 28.5 Å². The standard InChI is InChI=1S/C16H14Cl2N2O/c1-21-10-11-4-2-5-12(8-11)20-15(9-17)19-14-7-3-6-13(18)16(14)20/h2-8H,9-10H2,1H3. The number of nitrogens with zero attached hydrogens (tertiary/aromatic N) is 2. The van der Waals surface area contributed by atoms with Gasteiger partial charge in [0.1, 0.15) is 5.82 Å². The number of para-hydroxylation sites is 1. The molecule has 0 unspecified atom stereocenters. The van der Waals surface area contributed by atoms with E-state index in [9.17, 15) is 0 Å². The van der Waals surface area contributed by atoms with Gasteiger partial charge < -0.3 is 4.74 Å². The number of halogens is 2. The minimum absolute atomic E-state index is 0.319. The molecule has 5 heteroatoms. The lowest BCUT2D eigenvalue weighted by atomic mass is 10.2. The topological polar surface area (TPSA) is 27.1 Å². The Balaban J connectivity index is 2.25. The second kappa shape index (κ2) is 6.06. The molecule has 108 valence electrons. The van der Waals surface area contributed by atoms with E-state index in [-0.39, 0.29) is 0 Å². The van der Waals surface area contributed by atoms with Crippen LogP contribution in [0, 0.1) is 0 Å². The first kappa shape index (κ1) is 14.4. The van der Waals surface area contributed by atoms with E-state index in [1.165, 1.54) is 0 Å². The van der Waals surface area contributed by atoms with Crippen LogP contribution >= 0.6 is 23.2 Å². The highest BCUT2D eigenvalue weighted by Gasteiger charge is 2.14. The Bertz CT molecular complexity index is 783. The van der Waals surface area contributed by atoms with Gasteiger partial charge in [-0.15, -0.1) is 11.6 Å². The molecule has 0 aliphatic rings. The molecule has 1 aromatic heterocycles. The van der Waals surface area contributed by atoms with Crippen molar-refractivity contribution in [1.82, 2.24) is 9.55 Å². The average Bonchev–Trinajstić information content (AvgIpc) is 2.88. The minimum atomic E-state index is 0.319. The number of hydrogen-bond acceptors (Lipinski definition) is 2. The van der Waals surface area contributed by atoms with Gasteiger partial charge in [0, 0.05) is 12.8 Å². The molecule has 1 heterocycles. The van der Waals surface area contributed by atoms with Crippen LogP contribution in [0.1, 0.15) is 11.4 Å². The van der Waals surface area contributed by atoms with Crippen LogP contribution in [0.3, 0.4) is 0 Å². The van der Waals surface area contributed by atoms with Gasteiger partial charge in [-0.2, -0.15) is 0 Å². The van der Waals surface area contributed by atoms with E-state index in [1.807, 2.05) is 41.0 Å². The summed E-state index contributed by atoms with van der Waals surface area (Å²) in [5, 5.41) is 0.661. The van der Waals surface area contributed by atoms with Gasteiger partial charge in [0.15, 0.2) is 0 Å². The normalized spacial score (nSPS) is 11.2. The van der Waals surface area contributed by atoms with Crippen molar-refractivity contribution in [1.29, 1.82) is 0 Å². The molecule has 0 spiro atoms. The SMILES string of the molecule is COCc1cccc(-n2c(CCl)nc3cccc(Cl)c32)c1. The molecule has 0 saturated carbocycles. The first-order valence-electron chi connectivity index (χ1n) is 6.54. The third-order valence-electron chi connectivity index (χ3n) is 3.30. The Labute approximate surface area is 133 Å². The molecule has 0 atom stereocenters. The smallest absolute Gasteiger partial charge is 0.129 e. The molecule has 0 saturated heterocycles. The molecule has 0 fully saturated rings. The number of ether oxygens (including phenoxy) is 1. The quantitative estimate of drug-likeness (QED) is 0.659. The molecule has 3 nitrogen and oxygen atoms in total. The van der Waals surface area contributed by atoms with Gasteiger partial charge in [0.2, 0.25) is 0 Å². The Kier molecular flexibility index (Phi) is 4.15. The van der Waals surface area contributed by atoms with Crippen molar-refractivity contribution in [3.05, 3.63) is 58.9 Å². The zero-order chi connectivity index (χ0) is 14.8. The van der Waals surface area contributed by atoms with Crippen LogP contribution in [0.4, 0.5) is 0 Å². The number of hydrogen-bond donors (Lipinski definition) is 0. The molecule has 21 heavy (non-hydrogen) atoms. The number of rotatable bonds is 4. The van der Waals surface area contributed by atoms with Crippen LogP contribution in [0.25, 0.3) is 16.7 Å². The molecule has 0 amide bonds. The van der Waals surface area contributed by atoms with Gasteiger partial charge in [0.25, 0.3) is 0 Å². The summed E-state index contributed by atoms with van der Waals surface area (Å²) < 4.78 is 7.19. The van der Waals surface area contributed by atoms with Crippen LogP contribution in [-0.2, 0) is 17.2 Å². The van der Waals surface area contributed by atoms with Crippen molar-refractivity contribution in [2.45, 2.75) is 12.5 Å². The van der Waals surface area contributed by atoms with E-state index >= 15 is 0 Å². The monoisotopic (exact) mass is 320 g/mol. The van der Waals surface area contributed by atoms with E-state index in [1.54, 1.807) is 7.11 Å². The molecule has 0 aliphatic heterocycles. The summed E-state index contributed by atoms with van der Waals surface area (Å²) in [5.74, 6) is 1.09. The van der Waals surface area contributed by atoms with Crippen LogP contribution in [-0.4, -0.2) is 16.7 Å². The number of imidazole rings is 1. The van der Waals surface area contributed by atoms with Gasteiger partial charge in [-0.1, -0.05) is 29.8 Å². The maximum Gasteiger partial charge on any atom is 0.129 e. The van der Waals surface area contributed by atoms with Crippen molar-refractivity contribution in [3.63, 3.8) is 0 Å². The molecule has 3 aromatic rings. The summed E-state index contributed by atoms with van der Waals surface area (Å²) in [6.07, 6.45) is 0. The second-order valence-corrected chi connectivity index (χ2v) is 5.38. The summed E-state index contributed by atoms with van der Waals surface area (Å²) in [4.78, 5) is 4.56. The maximum absolute atomic E-state index is 6.35. The fraction of sp³-hybridized carbons (Fsp3) is 0.188. The van der Waals surface area contributed by atoms with Gasteiger partial charge in [-0.3, -0.25) is 4.57 Å². The first-order valence-corrected chi connectivity index (χ1v) is 7.46. The zero-order valence-electron chi connectivity index (χ0n) is 11.5. The van der Waals surface area contributed by atoms with Crippen LogP contribution in [0.2, 0.25) is 5.02 Å². The lowest BCUT2D eigenvalue weighted by Gasteiger charge is -2.10. The van der Waals surface area contributed by atoms with Crippen molar-refractivity contribution in [2.75, 3.05) is 7.11 Å². The average molecular weight is 321 g/mol. The van der Waals surface area contributed by atoms with Crippen molar-refractivity contribution < 1.29 is 4.74 Å². The van der Waals surface area contributed by atoms with Gasteiger partial charge in [-0.25, -0.2) is 4.98 Å². The van der Waals surface area contributed by atoms with Gasteiger partial charge >= 0.3 is 0 Å². The van der Waals surface area contributed by atoms with E-state index < -0.39 is 0 Å². The number of methoxy groups -OCH3 is 1. The number of alkyl halides is 1. The fourth-order valence-corrected chi connectivity index (χ4v) is 2.89. The predicted octanol–water partition coefficient (Wildman–Crippen LogP) is 4.56. The molecule has 0 N–H and O–H groups in total. The summed E-state index contributed by atoms with van der Waals surface area (Å²) in [5.41, 5.74) is 3.79. The van der Waals surface area contributed by atoms with Crippen molar-refractivity contribution in [2.24, 2.45) is 0 Å². The Morgan fingerprint density at radius 1 is 1.19 bits per heavy atom. The Morgan fingerprint density at radius 3 is 2.76 bits per heavy atom. The van der Waals surface area contributed by atoms with Crippen LogP contribution < -0.4 is 0 Å². The van der Waals surface area contributed by atoms with Crippen LogP contribution in [0.5, 0.6) is 0 Å². The Hall–Kier alpha value is -1.55. The highest BCUT2D eigenvalue weighted by Crippen LogP contribution is 2.28. The predicted molar refractivity (Wildman–Crippen MR) is 86.4 cm³/mol. The third kappa shape index (κ3) is 2.64. The first-order chi connectivity index (χ1) is 10.2. The van der Waals surface area contributed by atoms with Gasteiger partial charge in [-0.05, 0) is 29.8 Å². The molecule has 2 aromatic carbocycles. The highest BCUT2D eigenvalue weighted by molar-refractivity contribution is 6.35. The Morgan fingerprint density at radius 2 is 2.00 bits per heavy atom. The number of fused-ring (bicyclic) bond motifs is 1. The summed E-state index contributed by atoms with van der Waals surface area (Å²) in [6.45, 7) is 0.560.